The predicted molar refractivity (Wildman–Crippen MR) is 147 cm³/mol. The molecule has 1 amide bonds. The van der Waals surface area contributed by atoms with Crippen molar-refractivity contribution in [2.24, 2.45) is 0 Å². The van der Waals surface area contributed by atoms with Gasteiger partial charge >= 0.3 is 0 Å². The average Bonchev–Trinajstić information content (AvgIpc) is 3.62. The molecule has 0 unspecified atom stereocenters. The van der Waals surface area contributed by atoms with E-state index in [2.05, 4.69) is 10.2 Å². The van der Waals surface area contributed by atoms with Crippen molar-refractivity contribution in [2.75, 3.05) is 49.7 Å². The molecule has 5 rings (SSSR count). The van der Waals surface area contributed by atoms with Crippen molar-refractivity contribution in [3.63, 3.8) is 0 Å². The second kappa shape index (κ2) is 11.5. The van der Waals surface area contributed by atoms with Crippen LogP contribution >= 0.6 is 11.3 Å². The van der Waals surface area contributed by atoms with Crippen LogP contribution < -0.4 is 19.7 Å². The number of nitrogens with one attached hydrogen (secondary N) is 1. The van der Waals surface area contributed by atoms with E-state index in [0.29, 0.717) is 49.3 Å². The first-order valence-corrected chi connectivity index (χ1v) is 13.3. The molecule has 9 heteroatoms. The van der Waals surface area contributed by atoms with Crippen molar-refractivity contribution >= 4 is 28.6 Å². The number of aromatic nitrogens is 2. The summed E-state index contributed by atoms with van der Waals surface area (Å²) in [6.45, 7) is 7.68. The number of para-hydroxylation sites is 1. The average molecular weight is 519 g/mol. The monoisotopic (exact) mass is 518 g/mol. The number of anilines is 2. The smallest absolute Gasteiger partial charge is 0.274 e. The summed E-state index contributed by atoms with van der Waals surface area (Å²) in [5.74, 6) is 0.991. The molecule has 8 nitrogen and oxygen atoms in total. The summed E-state index contributed by atoms with van der Waals surface area (Å²) in [6, 6.07) is 19.2. The fourth-order valence-electron chi connectivity index (χ4n) is 4.28. The Labute approximate surface area is 220 Å². The fourth-order valence-corrected chi connectivity index (χ4v) is 4.97. The molecule has 37 heavy (non-hydrogen) atoms. The number of rotatable bonds is 9. The Bertz CT molecular complexity index is 1330. The van der Waals surface area contributed by atoms with Crippen LogP contribution in [0.1, 0.15) is 24.3 Å². The lowest BCUT2D eigenvalue weighted by molar-refractivity contribution is 0.101. The van der Waals surface area contributed by atoms with Crippen LogP contribution in [0, 0.1) is 0 Å². The van der Waals surface area contributed by atoms with Crippen LogP contribution in [0.3, 0.4) is 0 Å². The molecule has 3 heterocycles. The summed E-state index contributed by atoms with van der Waals surface area (Å²) in [7, 11) is 0. The highest BCUT2D eigenvalue weighted by Gasteiger charge is 2.23. The van der Waals surface area contributed by atoms with Gasteiger partial charge in [0, 0.05) is 25.2 Å². The highest BCUT2D eigenvalue weighted by Crippen LogP contribution is 2.39. The zero-order valence-corrected chi connectivity index (χ0v) is 21.8. The van der Waals surface area contributed by atoms with Crippen molar-refractivity contribution < 1.29 is 19.0 Å². The zero-order chi connectivity index (χ0) is 25.6. The molecule has 0 atom stereocenters. The number of hydrogen-bond acceptors (Lipinski definition) is 7. The number of ether oxygens (including phenoxy) is 3. The van der Waals surface area contributed by atoms with E-state index in [1.54, 1.807) is 16.0 Å². The third-order valence-electron chi connectivity index (χ3n) is 5.98. The van der Waals surface area contributed by atoms with Gasteiger partial charge in [-0.2, -0.15) is 5.10 Å². The number of hydrogen-bond donors (Lipinski definition) is 1. The molecule has 1 aliphatic heterocycles. The normalized spacial score (nSPS) is 13.4. The van der Waals surface area contributed by atoms with Crippen LogP contribution in [0.4, 0.5) is 11.4 Å². The molecule has 1 N–H and O–H groups in total. The van der Waals surface area contributed by atoms with Crippen LogP contribution in [-0.4, -0.2) is 55.2 Å². The quantitative estimate of drug-likeness (QED) is 0.316. The topological polar surface area (TPSA) is 77.8 Å². The van der Waals surface area contributed by atoms with Gasteiger partial charge in [-0.3, -0.25) is 4.79 Å². The van der Waals surface area contributed by atoms with E-state index in [-0.39, 0.29) is 5.91 Å². The minimum Gasteiger partial charge on any atom is -0.492 e. The first-order chi connectivity index (χ1) is 18.2. The van der Waals surface area contributed by atoms with Gasteiger partial charge < -0.3 is 24.4 Å². The molecule has 0 bridgehead atoms. The Balaban J connectivity index is 1.52. The Kier molecular flexibility index (Phi) is 7.72. The van der Waals surface area contributed by atoms with Gasteiger partial charge in [-0.15, -0.1) is 11.3 Å². The number of carbonyl (C=O) groups is 1. The number of benzene rings is 2. The minimum atomic E-state index is -0.290. The maximum atomic E-state index is 13.7. The minimum absolute atomic E-state index is 0.290. The molecule has 1 aliphatic rings. The summed E-state index contributed by atoms with van der Waals surface area (Å²) in [4.78, 5) is 16.9. The number of amides is 1. The molecule has 4 aromatic rings. The van der Waals surface area contributed by atoms with Crippen molar-refractivity contribution in [2.45, 2.75) is 13.8 Å². The molecule has 0 aliphatic carbocycles. The van der Waals surface area contributed by atoms with Crippen LogP contribution in [0.25, 0.3) is 16.3 Å². The van der Waals surface area contributed by atoms with Gasteiger partial charge in [0.15, 0.2) is 0 Å². The maximum Gasteiger partial charge on any atom is 0.274 e. The Hall–Kier alpha value is -3.82. The molecular formula is C28H30N4O4S. The van der Waals surface area contributed by atoms with Crippen LogP contribution in [0.5, 0.6) is 11.5 Å². The van der Waals surface area contributed by atoms with E-state index in [1.807, 2.05) is 79.9 Å². The van der Waals surface area contributed by atoms with E-state index >= 15 is 0 Å². The van der Waals surface area contributed by atoms with Gasteiger partial charge in [-0.05, 0) is 43.5 Å². The first kappa shape index (κ1) is 24.9. The lowest BCUT2D eigenvalue weighted by Gasteiger charge is -2.31. The van der Waals surface area contributed by atoms with E-state index < -0.39 is 0 Å². The van der Waals surface area contributed by atoms with E-state index in [0.717, 1.165) is 35.0 Å². The van der Waals surface area contributed by atoms with Gasteiger partial charge in [0.1, 0.15) is 22.9 Å². The van der Waals surface area contributed by atoms with Gasteiger partial charge in [0.05, 0.1) is 48.4 Å². The van der Waals surface area contributed by atoms with Gasteiger partial charge in [0.25, 0.3) is 5.91 Å². The van der Waals surface area contributed by atoms with Crippen molar-refractivity contribution in [1.29, 1.82) is 0 Å². The summed E-state index contributed by atoms with van der Waals surface area (Å²) < 4.78 is 19.2. The van der Waals surface area contributed by atoms with Crippen molar-refractivity contribution in [3.8, 4) is 27.8 Å². The molecule has 1 fully saturated rings. The molecular weight excluding hydrogens is 488 g/mol. The number of thiophene rings is 1. The Morgan fingerprint density at radius 1 is 1.00 bits per heavy atom. The summed E-state index contributed by atoms with van der Waals surface area (Å²) in [5, 5.41) is 9.82. The van der Waals surface area contributed by atoms with Gasteiger partial charge in [0.2, 0.25) is 0 Å². The van der Waals surface area contributed by atoms with E-state index in [1.165, 1.54) is 0 Å². The Morgan fingerprint density at radius 3 is 2.46 bits per heavy atom. The van der Waals surface area contributed by atoms with Crippen molar-refractivity contribution in [1.82, 2.24) is 9.78 Å². The standard InChI is InChI=1S/C28H30N4O4S/c1-3-35-25-19-23(31-12-14-34-15-13-31)26(36-4-2)18-21(25)29-28(33)24-17-22(27-11-8-16-37-27)30-32(24)20-9-6-5-7-10-20/h5-11,16-19H,3-4,12-15H2,1-2H3,(H,29,33). The number of carbonyl (C=O) groups excluding carboxylic acids is 1. The third kappa shape index (κ3) is 5.47. The lowest BCUT2D eigenvalue weighted by Crippen LogP contribution is -2.36. The largest absolute Gasteiger partial charge is 0.492 e. The van der Waals surface area contributed by atoms with Crippen LogP contribution in [-0.2, 0) is 4.74 Å². The highest BCUT2D eigenvalue weighted by atomic mass is 32.1. The molecule has 0 saturated carbocycles. The van der Waals surface area contributed by atoms with Gasteiger partial charge in [-0.25, -0.2) is 4.68 Å². The van der Waals surface area contributed by atoms with E-state index in [9.17, 15) is 4.79 Å². The molecule has 2 aromatic carbocycles. The Morgan fingerprint density at radius 2 is 1.76 bits per heavy atom. The summed E-state index contributed by atoms with van der Waals surface area (Å²) in [5.41, 5.74) is 3.45. The molecule has 1 saturated heterocycles. The summed E-state index contributed by atoms with van der Waals surface area (Å²) in [6.07, 6.45) is 0. The predicted octanol–water partition coefficient (Wildman–Crippen LogP) is 5.49. The SMILES string of the molecule is CCOc1cc(N2CCOCC2)c(OCC)cc1NC(=O)c1cc(-c2cccs2)nn1-c1ccccc1. The second-order valence-electron chi connectivity index (χ2n) is 8.38. The van der Waals surface area contributed by atoms with Crippen LogP contribution in [0.15, 0.2) is 66.0 Å². The molecule has 0 spiro atoms. The molecule has 2 aromatic heterocycles. The summed E-state index contributed by atoms with van der Waals surface area (Å²) >= 11 is 1.58. The second-order valence-corrected chi connectivity index (χ2v) is 9.32. The maximum absolute atomic E-state index is 13.7. The molecule has 192 valence electrons. The zero-order valence-electron chi connectivity index (χ0n) is 21.0. The van der Waals surface area contributed by atoms with Gasteiger partial charge in [-0.1, -0.05) is 24.3 Å². The van der Waals surface area contributed by atoms with E-state index in [4.69, 9.17) is 19.3 Å². The van der Waals surface area contributed by atoms with Crippen molar-refractivity contribution in [3.05, 3.63) is 71.7 Å². The first-order valence-electron chi connectivity index (χ1n) is 12.4. The highest BCUT2D eigenvalue weighted by molar-refractivity contribution is 7.13. The number of morpholine rings is 1. The molecule has 0 radical (unpaired) electrons. The number of nitrogens with zero attached hydrogens (tertiary/aromatic N) is 3. The lowest BCUT2D eigenvalue weighted by atomic mass is 10.2. The third-order valence-corrected chi connectivity index (χ3v) is 6.87. The fraction of sp³-hybridized carbons (Fsp3) is 0.286. The van der Waals surface area contributed by atoms with Crippen LogP contribution in [0.2, 0.25) is 0 Å².